The number of halogens is 1. The maximum atomic E-state index is 13.3. The SMILES string of the molecule is Cn1c(-c2ccc(-c3ccccc3)cc2)cnc1C(Cc1ccccn1)NC(=O)c1cc2cc(Cl)ccc2o1. The van der Waals surface area contributed by atoms with Crippen molar-refractivity contribution >= 4 is 28.5 Å². The number of amides is 1. The van der Waals surface area contributed by atoms with E-state index in [1.165, 1.54) is 5.56 Å². The van der Waals surface area contributed by atoms with Crippen LogP contribution < -0.4 is 5.32 Å². The highest BCUT2D eigenvalue weighted by Gasteiger charge is 2.24. The Kier molecular flexibility index (Phi) is 6.69. The van der Waals surface area contributed by atoms with E-state index >= 15 is 0 Å². The molecular formula is C32H25ClN4O2. The van der Waals surface area contributed by atoms with Gasteiger partial charge in [-0.2, -0.15) is 0 Å². The van der Waals surface area contributed by atoms with Gasteiger partial charge in [0.25, 0.3) is 5.91 Å². The van der Waals surface area contributed by atoms with E-state index in [0.29, 0.717) is 17.0 Å². The quantitative estimate of drug-likeness (QED) is 0.235. The summed E-state index contributed by atoms with van der Waals surface area (Å²) in [5, 5.41) is 4.48. The Hall–Kier alpha value is -4.68. The van der Waals surface area contributed by atoms with Gasteiger partial charge in [0.05, 0.1) is 17.9 Å². The molecule has 0 aliphatic rings. The first-order chi connectivity index (χ1) is 19.0. The molecule has 7 heteroatoms. The normalized spacial score (nSPS) is 11.9. The standard InChI is InChI=1S/C32H25ClN4O2/c1-37-28(23-12-10-22(11-13-23)21-7-3-2-4-8-21)20-35-31(37)27(19-26-9-5-6-16-34-26)36-32(38)30-18-24-17-25(33)14-15-29(24)39-30/h2-18,20,27H,19H2,1H3,(H,36,38). The number of furan rings is 1. The van der Waals surface area contributed by atoms with Crippen molar-refractivity contribution in [1.29, 1.82) is 0 Å². The van der Waals surface area contributed by atoms with Crippen LogP contribution in [0.25, 0.3) is 33.4 Å². The number of pyridine rings is 1. The average Bonchev–Trinajstić information content (AvgIpc) is 3.57. The molecule has 3 aromatic heterocycles. The second-order valence-electron chi connectivity index (χ2n) is 9.35. The average molecular weight is 533 g/mol. The van der Waals surface area contributed by atoms with Gasteiger partial charge in [-0.25, -0.2) is 4.98 Å². The lowest BCUT2D eigenvalue weighted by Crippen LogP contribution is -2.31. The van der Waals surface area contributed by atoms with Crippen LogP contribution in [-0.2, 0) is 13.5 Å². The topological polar surface area (TPSA) is 73.0 Å². The van der Waals surface area contributed by atoms with Gasteiger partial charge in [0.2, 0.25) is 0 Å². The molecule has 6 nitrogen and oxygen atoms in total. The van der Waals surface area contributed by atoms with E-state index in [2.05, 4.69) is 46.7 Å². The van der Waals surface area contributed by atoms with E-state index in [1.807, 2.05) is 54.2 Å². The Labute approximate surface area is 230 Å². The van der Waals surface area contributed by atoms with Crippen LogP contribution in [0, 0.1) is 0 Å². The number of aromatic nitrogens is 3. The number of carbonyl (C=O) groups excluding carboxylic acids is 1. The molecule has 1 atom stereocenters. The van der Waals surface area contributed by atoms with Crippen LogP contribution in [0.2, 0.25) is 5.02 Å². The van der Waals surface area contributed by atoms with Gasteiger partial charge >= 0.3 is 0 Å². The van der Waals surface area contributed by atoms with Gasteiger partial charge in [-0.15, -0.1) is 0 Å². The van der Waals surface area contributed by atoms with E-state index < -0.39 is 6.04 Å². The van der Waals surface area contributed by atoms with Crippen LogP contribution in [0.15, 0.2) is 114 Å². The minimum absolute atomic E-state index is 0.212. The number of nitrogens with one attached hydrogen (secondary N) is 1. The number of rotatable bonds is 7. The number of hydrogen-bond donors (Lipinski definition) is 1. The molecule has 3 heterocycles. The second-order valence-corrected chi connectivity index (χ2v) is 9.78. The molecule has 0 saturated carbocycles. The maximum absolute atomic E-state index is 13.3. The highest BCUT2D eigenvalue weighted by atomic mass is 35.5. The highest BCUT2D eigenvalue weighted by Crippen LogP contribution is 2.28. The number of imidazole rings is 1. The van der Waals surface area contributed by atoms with Gasteiger partial charge in [0.1, 0.15) is 11.4 Å². The van der Waals surface area contributed by atoms with E-state index in [-0.39, 0.29) is 11.7 Å². The largest absolute Gasteiger partial charge is 0.451 e. The Morgan fingerprint density at radius 2 is 1.64 bits per heavy atom. The first-order valence-corrected chi connectivity index (χ1v) is 13.0. The van der Waals surface area contributed by atoms with Gasteiger partial charge in [-0.3, -0.25) is 9.78 Å². The Bertz CT molecular complexity index is 1740. The second kappa shape index (κ2) is 10.6. The molecule has 0 bridgehead atoms. The molecule has 6 rings (SSSR count). The van der Waals surface area contributed by atoms with Crippen molar-refractivity contribution in [2.45, 2.75) is 12.5 Å². The molecule has 0 radical (unpaired) electrons. The molecule has 6 aromatic rings. The first-order valence-electron chi connectivity index (χ1n) is 12.6. The summed E-state index contributed by atoms with van der Waals surface area (Å²) in [6.07, 6.45) is 4.05. The fourth-order valence-corrected chi connectivity index (χ4v) is 4.95. The molecule has 1 unspecified atom stereocenters. The first kappa shape index (κ1) is 24.6. The van der Waals surface area contributed by atoms with E-state index in [0.717, 1.165) is 33.7 Å². The fraction of sp³-hybridized carbons (Fsp3) is 0.0938. The predicted octanol–water partition coefficient (Wildman–Crippen LogP) is 7.26. The minimum atomic E-state index is -0.438. The van der Waals surface area contributed by atoms with Crippen molar-refractivity contribution in [3.05, 3.63) is 132 Å². The van der Waals surface area contributed by atoms with Crippen molar-refractivity contribution in [3.63, 3.8) is 0 Å². The summed E-state index contributed by atoms with van der Waals surface area (Å²) in [7, 11) is 1.96. The summed E-state index contributed by atoms with van der Waals surface area (Å²) in [6, 6.07) is 31.0. The lowest BCUT2D eigenvalue weighted by molar-refractivity contribution is 0.0908. The van der Waals surface area contributed by atoms with Gasteiger partial charge in [-0.1, -0.05) is 72.3 Å². The molecule has 0 spiro atoms. The third-order valence-corrected chi connectivity index (χ3v) is 7.01. The minimum Gasteiger partial charge on any atom is -0.451 e. The molecule has 0 aliphatic heterocycles. The monoisotopic (exact) mass is 532 g/mol. The van der Waals surface area contributed by atoms with E-state index in [9.17, 15) is 4.79 Å². The van der Waals surface area contributed by atoms with Gasteiger partial charge in [0.15, 0.2) is 5.76 Å². The summed E-state index contributed by atoms with van der Waals surface area (Å²) in [4.78, 5) is 22.6. The molecule has 1 amide bonds. The Morgan fingerprint density at radius 3 is 2.41 bits per heavy atom. The summed E-state index contributed by atoms with van der Waals surface area (Å²) in [5.41, 5.74) is 5.74. The van der Waals surface area contributed by atoms with Crippen molar-refractivity contribution in [2.24, 2.45) is 7.05 Å². The predicted molar refractivity (Wildman–Crippen MR) is 153 cm³/mol. The number of fused-ring (bicyclic) bond motifs is 1. The number of nitrogens with zero attached hydrogens (tertiary/aromatic N) is 3. The zero-order valence-corrected chi connectivity index (χ0v) is 22.0. The summed E-state index contributed by atoms with van der Waals surface area (Å²) < 4.78 is 7.83. The molecule has 0 fully saturated rings. The molecule has 0 aliphatic carbocycles. The molecule has 3 aromatic carbocycles. The third-order valence-electron chi connectivity index (χ3n) is 6.77. The highest BCUT2D eigenvalue weighted by molar-refractivity contribution is 6.31. The summed E-state index contributed by atoms with van der Waals surface area (Å²) >= 11 is 6.11. The van der Waals surface area contributed by atoms with Crippen molar-refractivity contribution in [3.8, 4) is 22.4 Å². The van der Waals surface area contributed by atoms with Crippen molar-refractivity contribution < 1.29 is 9.21 Å². The zero-order valence-electron chi connectivity index (χ0n) is 21.2. The van der Waals surface area contributed by atoms with Crippen LogP contribution >= 0.6 is 11.6 Å². The zero-order chi connectivity index (χ0) is 26.8. The number of benzene rings is 3. The van der Waals surface area contributed by atoms with E-state index in [1.54, 1.807) is 30.5 Å². The van der Waals surface area contributed by atoms with Crippen LogP contribution in [0.1, 0.15) is 28.1 Å². The van der Waals surface area contributed by atoms with E-state index in [4.69, 9.17) is 21.0 Å². The number of hydrogen-bond acceptors (Lipinski definition) is 4. The molecular weight excluding hydrogens is 508 g/mol. The van der Waals surface area contributed by atoms with Crippen LogP contribution in [0.4, 0.5) is 0 Å². The van der Waals surface area contributed by atoms with Crippen molar-refractivity contribution in [2.75, 3.05) is 0 Å². The molecule has 0 saturated heterocycles. The van der Waals surface area contributed by atoms with Crippen LogP contribution in [0.5, 0.6) is 0 Å². The van der Waals surface area contributed by atoms with Crippen LogP contribution in [0.3, 0.4) is 0 Å². The lowest BCUT2D eigenvalue weighted by atomic mass is 10.0. The third kappa shape index (κ3) is 5.19. The molecule has 1 N–H and O–H groups in total. The molecule has 39 heavy (non-hydrogen) atoms. The smallest absolute Gasteiger partial charge is 0.287 e. The van der Waals surface area contributed by atoms with Crippen LogP contribution in [-0.4, -0.2) is 20.4 Å². The van der Waals surface area contributed by atoms with Gasteiger partial charge in [-0.05, 0) is 53.1 Å². The fourth-order valence-electron chi connectivity index (χ4n) is 4.77. The number of carbonyl (C=O) groups is 1. The van der Waals surface area contributed by atoms with Gasteiger partial charge < -0.3 is 14.3 Å². The maximum Gasteiger partial charge on any atom is 0.287 e. The Balaban J connectivity index is 1.30. The van der Waals surface area contributed by atoms with Crippen molar-refractivity contribution in [1.82, 2.24) is 19.9 Å². The van der Waals surface area contributed by atoms with Gasteiger partial charge in [0, 0.05) is 35.8 Å². The Morgan fingerprint density at radius 1 is 0.897 bits per heavy atom. The summed E-state index contributed by atoms with van der Waals surface area (Å²) in [6.45, 7) is 0. The summed E-state index contributed by atoms with van der Waals surface area (Å²) in [5.74, 6) is 0.597. The molecule has 192 valence electrons. The lowest BCUT2D eigenvalue weighted by Gasteiger charge is -2.18.